The molecule has 14 heteroatoms. The molecule has 0 aromatic heterocycles. The topological polar surface area (TPSA) is 150 Å². The number of amides is 3. The highest BCUT2D eigenvalue weighted by atomic mass is 28.4. The van der Waals surface area contributed by atoms with Gasteiger partial charge < -0.3 is 33.2 Å². The molecule has 13 nitrogen and oxygen atoms in total. The number of fused-ring (bicyclic) bond motifs is 1. The van der Waals surface area contributed by atoms with Gasteiger partial charge in [-0.3, -0.25) is 14.5 Å². The molecular formula is C32H58N2O11Si. The Morgan fingerprint density at radius 3 is 1.89 bits per heavy atom. The van der Waals surface area contributed by atoms with Crippen LogP contribution in [0.15, 0.2) is 0 Å². The third-order valence-electron chi connectivity index (χ3n) is 8.17. The Balaban J connectivity index is 2.62. The maximum absolute atomic E-state index is 14.0. The quantitative estimate of drug-likeness (QED) is 0.200. The van der Waals surface area contributed by atoms with Gasteiger partial charge in [0.1, 0.15) is 35.6 Å². The molecule has 46 heavy (non-hydrogen) atoms. The third-order valence-corrected chi connectivity index (χ3v) is 12.7. The Morgan fingerprint density at radius 2 is 1.43 bits per heavy atom. The average molecular weight is 675 g/mol. The number of rotatable bonds is 9. The van der Waals surface area contributed by atoms with Crippen molar-refractivity contribution in [2.45, 2.75) is 168 Å². The van der Waals surface area contributed by atoms with Crippen LogP contribution in [0.25, 0.3) is 0 Å². The summed E-state index contributed by atoms with van der Waals surface area (Å²) >= 11 is 0. The molecule has 2 rings (SSSR count). The predicted octanol–water partition coefficient (Wildman–Crippen LogP) is 4.98. The zero-order valence-electron chi connectivity index (χ0n) is 30.5. The number of likely N-dealkylation sites (tertiary alicyclic amines) is 1. The van der Waals surface area contributed by atoms with Crippen LogP contribution in [-0.2, 0) is 37.7 Å². The molecule has 2 saturated heterocycles. The van der Waals surface area contributed by atoms with Crippen molar-refractivity contribution >= 4 is 32.4 Å². The van der Waals surface area contributed by atoms with Crippen LogP contribution in [0.3, 0.4) is 0 Å². The normalized spacial score (nSPS) is 24.6. The van der Waals surface area contributed by atoms with E-state index in [1.807, 2.05) is 0 Å². The van der Waals surface area contributed by atoms with Crippen molar-refractivity contribution in [3.05, 3.63) is 0 Å². The van der Waals surface area contributed by atoms with Crippen molar-refractivity contribution < 1.29 is 52.4 Å². The zero-order valence-corrected chi connectivity index (χ0v) is 31.5. The molecule has 0 aliphatic carbocycles. The van der Waals surface area contributed by atoms with Crippen molar-refractivity contribution in [1.29, 1.82) is 0 Å². The van der Waals surface area contributed by atoms with Crippen molar-refractivity contribution in [3.63, 3.8) is 0 Å². The summed E-state index contributed by atoms with van der Waals surface area (Å²) in [7, 11) is -2.23. The molecule has 0 aromatic carbocycles. The van der Waals surface area contributed by atoms with E-state index >= 15 is 0 Å². The van der Waals surface area contributed by atoms with Crippen molar-refractivity contribution in [2.24, 2.45) is 0 Å². The lowest BCUT2D eigenvalue weighted by atomic mass is 9.98. The molecule has 2 aliphatic heterocycles. The first-order valence-electron chi connectivity index (χ1n) is 15.9. The maximum atomic E-state index is 14.0. The van der Waals surface area contributed by atoms with E-state index in [1.165, 1.54) is 18.7 Å². The van der Waals surface area contributed by atoms with Crippen LogP contribution >= 0.6 is 0 Å². The second-order valence-corrected chi connectivity index (χ2v) is 21.0. The van der Waals surface area contributed by atoms with E-state index in [2.05, 4.69) is 33.9 Å². The largest absolute Gasteiger partial charge is 0.460 e. The molecule has 2 aliphatic rings. The summed E-state index contributed by atoms with van der Waals surface area (Å²) in [6, 6.07) is -2.01. The maximum Gasteiger partial charge on any atom is 0.417 e. The highest BCUT2D eigenvalue weighted by molar-refractivity contribution is 6.74. The fourth-order valence-electron chi connectivity index (χ4n) is 5.23. The van der Waals surface area contributed by atoms with Crippen molar-refractivity contribution in [3.8, 4) is 0 Å². The number of hydrogen-bond donors (Lipinski definition) is 1. The highest BCUT2D eigenvalue weighted by Crippen LogP contribution is 2.44. The van der Waals surface area contributed by atoms with Crippen LogP contribution in [-0.4, -0.2) is 114 Å². The number of nitrogens with zero attached hydrogens (tertiary/aromatic N) is 2. The lowest BCUT2D eigenvalue weighted by Crippen LogP contribution is -2.57. The molecule has 266 valence electrons. The Kier molecular flexibility index (Phi) is 12.2. The van der Waals surface area contributed by atoms with Crippen LogP contribution in [0, 0.1) is 0 Å². The number of hydrogen-bond acceptors (Lipinski definition) is 11. The fourth-order valence-corrected chi connectivity index (χ4v) is 6.28. The van der Waals surface area contributed by atoms with Gasteiger partial charge >= 0.3 is 18.2 Å². The molecule has 0 radical (unpaired) electrons. The number of carbonyl (C=O) groups is 4. The van der Waals surface area contributed by atoms with Gasteiger partial charge in [-0.25, -0.2) is 14.5 Å². The van der Waals surface area contributed by atoms with E-state index in [-0.39, 0.29) is 24.6 Å². The van der Waals surface area contributed by atoms with Crippen LogP contribution < -0.4 is 0 Å². The molecule has 0 bridgehead atoms. The Bertz CT molecular complexity index is 1120. The van der Waals surface area contributed by atoms with E-state index in [0.29, 0.717) is 0 Å². The summed E-state index contributed by atoms with van der Waals surface area (Å²) in [6.45, 7) is 26.1. The van der Waals surface area contributed by atoms with E-state index in [4.69, 9.17) is 28.1 Å². The molecule has 6 atom stereocenters. The monoisotopic (exact) mass is 674 g/mol. The molecule has 3 amide bonds. The smallest absolute Gasteiger partial charge is 0.417 e. The Labute approximate surface area is 275 Å². The number of esters is 1. The molecule has 2 fully saturated rings. The van der Waals surface area contributed by atoms with Crippen molar-refractivity contribution in [1.82, 2.24) is 9.80 Å². The van der Waals surface area contributed by atoms with Crippen LogP contribution in [0.5, 0.6) is 0 Å². The standard InChI is InChI=1S/C32H58N2O11Si/c1-19(35)33(27(38)44-29(3,4)5)17-22-25-26(43-32(12,13)42-25)24(34(22)28(39)45-30(6,7)8)23(41-20(2)36)16-21(37)18-40-46(14,15)31(9,10)11/h21-26,37H,16-18H2,1-15H3/t21-,22+,23+,24+,25+,26-/m1/s1. The first-order chi connectivity index (χ1) is 20.5. The van der Waals surface area contributed by atoms with Gasteiger partial charge in [-0.2, -0.15) is 0 Å². The van der Waals surface area contributed by atoms with Crippen LogP contribution in [0.4, 0.5) is 9.59 Å². The van der Waals surface area contributed by atoms with Crippen LogP contribution in [0.2, 0.25) is 18.1 Å². The second-order valence-electron chi connectivity index (χ2n) is 16.2. The summed E-state index contributed by atoms with van der Waals surface area (Å²) in [5.41, 5.74) is -1.82. The zero-order chi connectivity index (χ0) is 35.8. The van der Waals surface area contributed by atoms with Gasteiger partial charge in [0.05, 0.1) is 25.3 Å². The molecule has 0 aromatic rings. The van der Waals surface area contributed by atoms with Crippen LogP contribution in [0.1, 0.15) is 96.4 Å². The minimum absolute atomic E-state index is 0.00938. The summed E-state index contributed by atoms with van der Waals surface area (Å²) in [4.78, 5) is 54.8. The molecule has 2 heterocycles. The summed E-state index contributed by atoms with van der Waals surface area (Å²) in [5.74, 6) is -2.36. The average Bonchev–Trinajstić information content (AvgIpc) is 3.27. The second kappa shape index (κ2) is 14.1. The van der Waals surface area contributed by atoms with Gasteiger partial charge in [0, 0.05) is 20.3 Å². The van der Waals surface area contributed by atoms with Gasteiger partial charge in [-0.05, 0) is 73.5 Å². The van der Waals surface area contributed by atoms with Gasteiger partial charge in [-0.1, -0.05) is 20.8 Å². The first-order valence-corrected chi connectivity index (χ1v) is 18.8. The van der Waals surface area contributed by atoms with Gasteiger partial charge in [0.15, 0.2) is 14.1 Å². The van der Waals surface area contributed by atoms with Gasteiger partial charge in [0.25, 0.3) is 0 Å². The molecule has 0 unspecified atom stereocenters. The van der Waals surface area contributed by atoms with Crippen molar-refractivity contribution in [2.75, 3.05) is 13.2 Å². The summed E-state index contributed by atoms with van der Waals surface area (Å²) in [6.07, 6.45) is -5.68. The van der Waals surface area contributed by atoms with E-state index in [0.717, 1.165) is 4.90 Å². The number of carbonyl (C=O) groups excluding carboxylic acids is 4. The Morgan fingerprint density at radius 1 is 0.913 bits per heavy atom. The van der Waals surface area contributed by atoms with E-state index < -0.39 is 85.9 Å². The van der Waals surface area contributed by atoms with Gasteiger partial charge in [-0.15, -0.1) is 0 Å². The van der Waals surface area contributed by atoms with E-state index in [1.54, 1.807) is 55.4 Å². The lowest BCUT2D eigenvalue weighted by molar-refractivity contribution is -0.179. The lowest BCUT2D eigenvalue weighted by Gasteiger charge is -2.40. The minimum Gasteiger partial charge on any atom is -0.460 e. The fraction of sp³-hybridized carbons (Fsp3) is 0.875. The number of ether oxygens (including phenoxy) is 5. The summed E-state index contributed by atoms with van der Waals surface area (Å²) < 4.78 is 36.0. The minimum atomic E-state index is -2.23. The molecule has 0 saturated carbocycles. The number of aliphatic hydroxyl groups excluding tert-OH is 1. The number of imide groups is 1. The highest BCUT2D eigenvalue weighted by Gasteiger charge is 2.63. The van der Waals surface area contributed by atoms with Gasteiger partial charge in [0.2, 0.25) is 5.91 Å². The SMILES string of the molecule is CC(=O)O[C@@H](C[C@@H](O)CO[Si](C)(C)C(C)(C)C)[C@H]1[C@H]2OC(C)(C)O[C@H]2[C@H](CN(C(C)=O)C(=O)OC(C)(C)C)N1C(=O)OC(C)(C)C. The first kappa shape index (κ1) is 39.9. The molecular weight excluding hydrogens is 616 g/mol. The molecule has 0 spiro atoms. The molecule has 1 N–H and O–H groups in total. The number of aliphatic hydroxyl groups is 1. The summed E-state index contributed by atoms with van der Waals surface area (Å²) in [5, 5.41) is 11.1. The van der Waals surface area contributed by atoms with E-state index in [9.17, 15) is 24.3 Å². The predicted molar refractivity (Wildman–Crippen MR) is 172 cm³/mol. The Hall–Kier alpha value is -2.26. The third kappa shape index (κ3) is 10.6.